The minimum Gasteiger partial charge on any atom is -0.494 e. The zero-order chi connectivity index (χ0) is 20.3. The first-order chi connectivity index (χ1) is 12.7. The molecule has 0 aromatic heterocycles. The van der Waals surface area contributed by atoms with E-state index in [9.17, 15) is 14.4 Å². The average molecular weight is 379 g/mol. The van der Waals surface area contributed by atoms with Gasteiger partial charge in [0.1, 0.15) is 11.4 Å². The van der Waals surface area contributed by atoms with Crippen molar-refractivity contribution in [1.29, 1.82) is 0 Å². The maximum Gasteiger partial charge on any atom is 0.408 e. The van der Waals surface area contributed by atoms with Gasteiger partial charge < -0.3 is 25.4 Å². The fourth-order valence-electron chi connectivity index (χ4n) is 2.05. The molecule has 0 heterocycles. The summed E-state index contributed by atoms with van der Waals surface area (Å²) in [5, 5.41) is 7.69. The highest BCUT2D eigenvalue weighted by atomic mass is 16.6. The van der Waals surface area contributed by atoms with Gasteiger partial charge in [0.15, 0.2) is 0 Å². The number of carbonyl (C=O) groups excluding carboxylic acids is 3. The van der Waals surface area contributed by atoms with Crippen molar-refractivity contribution in [3.05, 3.63) is 29.8 Å². The molecule has 0 unspecified atom stereocenters. The van der Waals surface area contributed by atoms with Crippen LogP contribution in [0.4, 0.5) is 4.79 Å². The summed E-state index contributed by atoms with van der Waals surface area (Å²) >= 11 is 0. The van der Waals surface area contributed by atoms with Gasteiger partial charge in [0.25, 0.3) is 0 Å². The first kappa shape index (κ1) is 22.3. The Balaban J connectivity index is 2.17. The van der Waals surface area contributed by atoms with Crippen LogP contribution in [0.1, 0.15) is 33.3 Å². The fourth-order valence-corrected chi connectivity index (χ4v) is 2.05. The third kappa shape index (κ3) is 10.7. The van der Waals surface area contributed by atoms with Crippen LogP contribution in [0, 0.1) is 0 Å². The van der Waals surface area contributed by atoms with E-state index in [2.05, 4.69) is 16.0 Å². The fraction of sp³-hybridized carbons (Fsp3) is 0.526. The molecule has 8 heteroatoms. The number of hydrogen-bond acceptors (Lipinski definition) is 5. The molecule has 0 spiro atoms. The highest BCUT2D eigenvalue weighted by Gasteiger charge is 2.16. The van der Waals surface area contributed by atoms with Gasteiger partial charge in [-0.2, -0.15) is 0 Å². The number of benzene rings is 1. The largest absolute Gasteiger partial charge is 0.494 e. The second-order valence-electron chi connectivity index (χ2n) is 6.81. The molecule has 0 saturated carbocycles. The van der Waals surface area contributed by atoms with Crippen LogP contribution in [0.3, 0.4) is 0 Å². The number of carbonyl (C=O) groups is 3. The average Bonchev–Trinajstić information content (AvgIpc) is 2.57. The van der Waals surface area contributed by atoms with E-state index in [1.807, 2.05) is 31.2 Å². The lowest BCUT2D eigenvalue weighted by atomic mass is 10.1. The molecule has 3 amide bonds. The molecule has 27 heavy (non-hydrogen) atoms. The summed E-state index contributed by atoms with van der Waals surface area (Å²) in [5.74, 6) is 0.270. The predicted octanol–water partition coefficient (Wildman–Crippen LogP) is 1.38. The van der Waals surface area contributed by atoms with Gasteiger partial charge >= 0.3 is 6.09 Å². The normalized spacial score (nSPS) is 10.7. The van der Waals surface area contributed by atoms with Crippen molar-refractivity contribution in [2.75, 3.05) is 26.2 Å². The van der Waals surface area contributed by atoms with E-state index in [0.29, 0.717) is 13.2 Å². The van der Waals surface area contributed by atoms with Crippen LogP contribution in [0.2, 0.25) is 0 Å². The maximum atomic E-state index is 11.9. The van der Waals surface area contributed by atoms with Gasteiger partial charge in [-0.25, -0.2) is 4.79 Å². The molecule has 0 fully saturated rings. The van der Waals surface area contributed by atoms with Crippen LogP contribution >= 0.6 is 0 Å². The molecule has 1 rings (SSSR count). The first-order valence-corrected chi connectivity index (χ1v) is 8.91. The Morgan fingerprint density at radius 2 is 1.52 bits per heavy atom. The molecule has 0 aliphatic rings. The van der Waals surface area contributed by atoms with Gasteiger partial charge in [-0.05, 0) is 45.4 Å². The molecule has 1 aromatic rings. The lowest BCUT2D eigenvalue weighted by Gasteiger charge is -2.19. The van der Waals surface area contributed by atoms with Crippen molar-refractivity contribution in [3.8, 4) is 5.75 Å². The molecular formula is C19H29N3O5. The zero-order valence-electron chi connectivity index (χ0n) is 16.4. The number of nitrogens with one attached hydrogen (secondary N) is 3. The Morgan fingerprint density at radius 3 is 2.07 bits per heavy atom. The van der Waals surface area contributed by atoms with E-state index in [0.717, 1.165) is 11.3 Å². The zero-order valence-corrected chi connectivity index (χ0v) is 16.4. The van der Waals surface area contributed by atoms with Gasteiger partial charge in [-0.15, -0.1) is 0 Å². The van der Waals surface area contributed by atoms with Crippen molar-refractivity contribution >= 4 is 17.9 Å². The molecule has 0 aliphatic heterocycles. The Morgan fingerprint density at radius 1 is 0.926 bits per heavy atom. The van der Waals surface area contributed by atoms with Crippen molar-refractivity contribution in [1.82, 2.24) is 16.0 Å². The van der Waals surface area contributed by atoms with E-state index >= 15 is 0 Å². The summed E-state index contributed by atoms with van der Waals surface area (Å²) < 4.78 is 10.4. The monoisotopic (exact) mass is 379 g/mol. The van der Waals surface area contributed by atoms with Crippen LogP contribution in [0.5, 0.6) is 5.75 Å². The van der Waals surface area contributed by atoms with Gasteiger partial charge in [0.2, 0.25) is 11.8 Å². The quantitative estimate of drug-likeness (QED) is 0.562. The van der Waals surface area contributed by atoms with E-state index in [1.54, 1.807) is 20.8 Å². The van der Waals surface area contributed by atoms with Crippen molar-refractivity contribution < 1.29 is 23.9 Å². The number of ether oxygens (including phenoxy) is 2. The smallest absolute Gasteiger partial charge is 0.408 e. The molecule has 8 nitrogen and oxygen atoms in total. The lowest BCUT2D eigenvalue weighted by Crippen LogP contribution is -2.42. The van der Waals surface area contributed by atoms with Crippen molar-refractivity contribution in [3.63, 3.8) is 0 Å². The van der Waals surface area contributed by atoms with Crippen molar-refractivity contribution in [2.45, 2.75) is 39.7 Å². The Hall–Kier alpha value is -2.77. The highest BCUT2D eigenvalue weighted by Crippen LogP contribution is 2.12. The summed E-state index contributed by atoms with van der Waals surface area (Å²) in [6, 6.07) is 7.33. The van der Waals surface area contributed by atoms with Gasteiger partial charge in [0.05, 0.1) is 19.6 Å². The van der Waals surface area contributed by atoms with Crippen LogP contribution in [0.25, 0.3) is 0 Å². The maximum absolute atomic E-state index is 11.9. The summed E-state index contributed by atoms with van der Waals surface area (Å²) in [7, 11) is 0. The predicted molar refractivity (Wildman–Crippen MR) is 102 cm³/mol. The third-order valence-electron chi connectivity index (χ3n) is 3.16. The number of alkyl carbamates (subject to hydrolysis) is 1. The number of hydrogen-bond donors (Lipinski definition) is 3. The van der Waals surface area contributed by atoms with Gasteiger partial charge in [-0.3, -0.25) is 9.59 Å². The van der Waals surface area contributed by atoms with Crippen LogP contribution < -0.4 is 20.7 Å². The van der Waals surface area contributed by atoms with E-state index in [1.165, 1.54) is 0 Å². The highest BCUT2D eigenvalue weighted by molar-refractivity contribution is 5.82. The molecular weight excluding hydrogens is 350 g/mol. The molecule has 0 saturated heterocycles. The number of rotatable bonds is 9. The molecule has 1 aromatic carbocycles. The van der Waals surface area contributed by atoms with E-state index < -0.39 is 11.7 Å². The first-order valence-electron chi connectivity index (χ1n) is 8.91. The molecule has 0 atom stereocenters. The molecule has 3 N–H and O–H groups in total. The topological polar surface area (TPSA) is 106 Å². The molecule has 0 aliphatic carbocycles. The second kappa shape index (κ2) is 11.1. The summed E-state index contributed by atoms with van der Waals surface area (Å²) in [4.78, 5) is 35.0. The Bertz CT molecular complexity index is 623. The molecule has 0 bridgehead atoms. The standard InChI is InChI=1S/C19H29N3O5/c1-5-26-15-8-6-14(7-9-15)12-16(23)20-10-11-21-17(24)13-22-18(25)27-19(2,3)4/h6-9H,5,10-13H2,1-4H3,(H,20,23)(H,21,24)(H,22,25). The molecule has 150 valence electrons. The second-order valence-corrected chi connectivity index (χ2v) is 6.81. The summed E-state index contributed by atoms with van der Waals surface area (Å²) in [6.45, 7) is 8.10. The van der Waals surface area contributed by atoms with Crippen LogP contribution in [-0.2, 0) is 20.7 Å². The summed E-state index contributed by atoms with van der Waals surface area (Å²) in [6.07, 6.45) is -0.401. The minimum atomic E-state index is -0.652. The van der Waals surface area contributed by atoms with Gasteiger partial charge in [0, 0.05) is 13.1 Å². The third-order valence-corrected chi connectivity index (χ3v) is 3.16. The van der Waals surface area contributed by atoms with Gasteiger partial charge in [-0.1, -0.05) is 12.1 Å². The van der Waals surface area contributed by atoms with E-state index in [4.69, 9.17) is 9.47 Å². The van der Waals surface area contributed by atoms with Crippen molar-refractivity contribution in [2.24, 2.45) is 0 Å². The minimum absolute atomic E-state index is 0.139. The summed E-state index contributed by atoms with van der Waals surface area (Å²) in [5.41, 5.74) is 0.260. The SMILES string of the molecule is CCOc1ccc(CC(=O)NCCNC(=O)CNC(=O)OC(C)(C)C)cc1. The van der Waals surface area contributed by atoms with E-state index in [-0.39, 0.29) is 31.3 Å². The van der Waals surface area contributed by atoms with Crippen LogP contribution in [-0.4, -0.2) is 49.7 Å². The van der Waals surface area contributed by atoms with Crippen LogP contribution in [0.15, 0.2) is 24.3 Å². The lowest BCUT2D eigenvalue weighted by molar-refractivity contribution is -0.122. The Labute approximate surface area is 160 Å². The Kier molecular flexibility index (Phi) is 9.12. The number of amides is 3. The molecule has 0 radical (unpaired) electrons.